The zero-order valence-electron chi connectivity index (χ0n) is 11.7. The number of likely N-dealkylation sites (tertiary alicyclic amines) is 1. The molecule has 21 heavy (non-hydrogen) atoms. The molecule has 108 valence electrons. The van der Waals surface area contributed by atoms with Gasteiger partial charge in [-0.05, 0) is 38.0 Å². The molecule has 1 unspecified atom stereocenters. The molecular weight excluding hydrogens is 268 g/mol. The largest absolute Gasteiger partial charge is 0.480 e. The van der Waals surface area contributed by atoms with Gasteiger partial charge < -0.3 is 10.0 Å². The van der Waals surface area contributed by atoms with Gasteiger partial charge in [-0.3, -0.25) is 9.78 Å². The first-order chi connectivity index (χ1) is 10.0. The van der Waals surface area contributed by atoms with Gasteiger partial charge >= 0.3 is 5.97 Å². The topological polar surface area (TPSA) is 70.5 Å². The molecule has 0 saturated carbocycles. The van der Waals surface area contributed by atoms with E-state index >= 15 is 0 Å². The predicted molar refractivity (Wildman–Crippen MR) is 78.1 cm³/mol. The molecule has 1 aliphatic heterocycles. The van der Waals surface area contributed by atoms with Crippen molar-refractivity contribution < 1.29 is 14.7 Å². The van der Waals surface area contributed by atoms with Crippen molar-refractivity contribution in [2.45, 2.75) is 25.3 Å². The predicted octanol–water partition coefficient (Wildman–Crippen LogP) is 2.31. The molecule has 1 amide bonds. The van der Waals surface area contributed by atoms with Crippen molar-refractivity contribution >= 4 is 22.8 Å². The Morgan fingerprint density at radius 3 is 2.90 bits per heavy atom. The van der Waals surface area contributed by atoms with Crippen LogP contribution in [0, 0.1) is 0 Å². The number of carbonyl (C=O) groups is 2. The number of aliphatic carboxylic acids is 1. The Bertz CT molecular complexity index is 728. The average Bonchev–Trinajstić information content (AvgIpc) is 2.89. The van der Waals surface area contributed by atoms with E-state index in [-0.39, 0.29) is 5.91 Å². The minimum atomic E-state index is -1.11. The van der Waals surface area contributed by atoms with E-state index in [2.05, 4.69) is 4.98 Å². The molecule has 0 radical (unpaired) electrons. The van der Waals surface area contributed by atoms with E-state index in [1.54, 1.807) is 25.3 Å². The molecule has 1 aromatic carbocycles. The number of fused-ring (bicyclic) bond motifs is 1. The first-order valence-electron chi connectivity index (χ1n) is 6.92. The highest BCUT2D eigenvalue weighted by Gasteiger charge is 2.46. The van der Waals surface area contributed by atoms with E-state index in [1.165, 1.54) is 4.90 Å². The summed E-state index contributed by atoms with van der Waals surface area (Å²) in [5.74, 6) is -1.20. The van der Waals surface area contributed by atoms with Crippen LogP contribution >= 0.6 is 0 Å². The van der Waals surface area contributed by atoms with Gasteiger partial charge in [0.15, 0.2) is 0 Å². The Labute approximate surface area is 122 Å². The van der Waals surface area contributed by atoms with E-state index < -0.39 is 11.5 Å². The molecule has 2 heterocycles. The standard InChI is InChI=1S/C16H16N2O3/c1-16(15(20)21)7-3-9-18(16)14(19)12-6-5-11-4-2-8-17-13(11)10-12/h2,4-6,8,10H,3,7,9H2,1H3,(H,20,21). The number of carboxylic acids is 1. The normalized spacial score (nSPS) is 21.7. The fourth-order valence-corrected chi connectivity index (χ4v) is 2.87. The van der Waals surface area contributed by atoms with Crippen molar-refractivity contribution in [3.05, 3.63) is 42.1 Å². The highest BCUT2D eigenvalue weighted by molar-refractivity contribution is 6.00. The SMILES string of the molecule is CC1(C(=O)O)CCCN1C(=O)c1ccc2cccnc2c1. The summed E-state index contributed by atoms with van der Waals surface area (Å²) in [6, 6.07) is 9.05. The van der Waals surface area contributed by atoms with E-state index in [4.69, 9.17) is 0 Å². The molecule has 2 aromatic rings. The molecule has 0 aliphatic carbocycles. The van der Waals surface area contributed by atoms with Gasteiger partial charge in [0, 0.05) is 23.7 Å². The molecular formula is C16H16N2O3. The second kappa shape index (κ2) is 4.84. The van der Waals surface area contributed by atoms with Gasteiger partial charge in [-0.2, -0.15) is 0 Å². The summed E-state index contributed by atoms with van der Waals surface area (Å²) in [5, 5.41) is 10.4. The minimum absolute atomic E-state index is 0.245. The summed E-state index contributed by atoms with van der Waals surface area (Å²) in [6.07, 6.45) is 2.87. The van der Waals surface area contributed by atoms with Gasteiger partial charge in [0.2, 0.25) is 0 Å². The fraction of sp³-hybridized carbons (Fsp3) is 0.312. The van der Waals surface area contributed by atoms with E-state index in [9.17, 15) is 14.7 Å². The number of pyridine rings is 1. The van der Waals surface area contributed by atoms with Gasteiger partial charge in [-0.25, -0.2) is 4.79 Å². The van der Waals surface area contributed by atoms with Gasteiger partial charge in [0.25, 0.3) is 5.91 Å². The van der Waals surface area contributed by atoms with Crippen molar-refractivity contribution in [1.82, 2.24) is 9.88 Å². The van der Waals surface area contributed by atoms with Crippen molar-refractivity contribution in [1.29, 1.82) is 0 Å². The lowest BCUT2D eigenvalue weighted by Crippen LogP contribution is -2.50. The van der Waals surface area contributed by atoms with Crippen LogP contribution in [0.5, 0.6) is 0 Å². The number of hydrogen-bond donors (Lipinski definition) is 1. The number of carbonyl (C=O) groups excluding carboxylic acids is 1. The van der Waals surface area contributed by atoms with E-state index in [1.807, 2.05) is 18.2 Å². The second-order valence-corrected chi connectivity index (χ2v) is 5.55. The number of hydrogen-bond acceptors (Lipinski definition) is 3. The summed E-state index contributed by atoms with van der Waals surface area (Å²) in [4.78, 5) is 29.8. The van der Waals surface area contributed by atoms with Crippen molar-refractivity contribution in [3.8, 4) is 0 Å². The second-order valence-electron chi connectivity index (χ2n) is 5.55. The molecule has 1 N–H and O–H groups in total. The lowest BCUT2D eigenvalue weighted by molar-refractivity contribution is -0.147. The summed E-state index contributed by atoms with van der Waals surface area (Å²) < 4.78 is 0. The lowest BCUT2D eigenvalue weighted by atomic mass is 9.98. The van der Waals surface area contributed by atoms with Crippen molar-refractivity contribution in [3.63, 3.8) is 0 Å². The van der Waals surface area contributed by atoms with Crippen LogP contribution in [0.2, 0.25) is 0 Å². The van der Waals surface area contributed by atoms with Crippen LogP contribution in [0.3, 0.4) is 0 Å². The lowest BCUT2D eigenvalue weighted by Gasteiger charge is -2.31. The zero-order valence-corrected chi connectivity index (χ0v) is 11.7. The third-order valence-corrected chi connectivity index (χ3v) is 4.20. The van der Waals surface area contributed by atoms with Crippen LogP contribution in [-0.4, -0.2) is 39.0 Å². The Morgan fingerprint density at radius 1 is 1.33 bits per heavy atom. The Balaban J connectivity index is 1.98. The number of benzene rings is 1. The first kappa shape index (κ1) is 13.5. The summed E-state index contributed by atoms with van der Waals surface area (Å²) in [5.41, 5.74) is 0.103. The maximum Gasteiger partial charge on any atom is 0.329 e. The van der Waals surface area contributed by atoms with Gasteiger partial charge in [-0.15, -0.1) is 0 Å². The Kier molecular flexibility index (Phi) is 3.12. The summed E-state index contributed by atoms with van der Waals surface area (Å²) in [6.45, 7) is 2.08. The van der Waals surface area contributed by atoms with Crippen LogP contribution in [0.15, 0.2) is 36.5 Å². The molecule has 1 aromatic heterocycles. The molecule has 1 aliphatic rings. The van der Waals surface area contributed by atoms with E-state index in [0.29, 0.717) is 24.9 Å². The Hall–Kier alpha value is -2.43. The summed E-state index contributed by atoms with van der Waals surface area (Å²) in [7, 11) is 0. The number of carboxylic acid groups (broad SMARTS) is 1. The molecule has 0 bridgehead atoms. The molecule has 1 atom stereocenters. The van der Waals surface area contributed by atoms with Crippen LogP contribution in [0.25, 0.3) is 10.9 Å². The molecule has 5 nitrogen and oxygen atoms in total. The van der Waals surface area contributed by atoms with Crippen molar-refractivity contribution in [2.75, 3.05) is 6.54 Å². The minimum Gasteiger partial charge on any atom is -0.480 e. The highest BCUT2D eigenvalue weighted by atomic mass is 16.4. The van der Waals surface area contributed by atoms with Crippen LogP contribution in [0.1, 0.15) is 30.1 Å². The quantitative estimate of drug-likeness (QED) is 0.918. The van der Waals surface area contributed by atoms with Gasteiger partial charge in [-0.1, -0.05) is 12.1 Å². The van der Waals surface area contributed by atoms with Crippen LogP contribution in [-0.2, 0) is 4.79 Å². The van der Waals surface area contributed by atoms with Gasteiger partial charge in [0.05, 0.1) is 5.52 Å². The van der Waals surface area contributed by atoms with Crippen LogP contribution < -0.4 is 0 Å². The third-order valence-electron chi connectivity index (χ3n) is 4.20. The molecule has 1 fully saturated rings. The molecule has 1 saturated heterocycles. The molecule has 0 spiro atoms. The maximum absolute atomic E-state index is 12.6. The van der Waals surface area contributed by atoms with Crippen LogP contribution in [0.4, 0.5) is 0 Å². The van der Waals surface area contributed by atoms with Crippen molar-refractivity contribution in [2.24, 2.45) is 0 Å². The number of rotatable bonds is 2. The smallest absolute Gasteiger partial charge is 0.329 e. The monoisotopic (exact) mass is 284 g/mol. The Morgan fingerprint density at radius 2 is 2.14 bits per heavy atom. The molecule has 3 rings (SSSR count). The summed E-state index contributed by atoms with van der Waals surface area (Å²) >= 11 is 0. The zero-order chi connectivity index (χ0) is 15.0. The average molecular weight is 284 g/mol. The first-order valence-corrected chi connectivity index (χ1v) is 6.92. The maximum atomic E-state index is 12.6. The number of nitrogens with zero attached hydrogens (tertiary/aromatic N) is 2. The highest BCUT2D eigenvalue weighted by Crippen LogP contribution is 2.31. The van der Waals surface area contributed by atoms with E-state index in [0.717, 1.165) is 10.9 Å². The third kappa shape index (κ3) is 2.14. The number of aromatic nitrogens is 1. The number of amides is 1. The fourth-order valence-electron chi connectivity index (χ4n) is 2.87. The molecule has 5 heteroatoms. The van der Waals surface area contributed by atoms with Gasteiger partial charge in [0.1, 0.15) is 5.54 Å².